The highest BCUT2D eigenvalue weighted by Gasteiger charge is 2.21. The molecule has 1 fully saturated rings. The fourth-order valence-corrected chi connectivity index (χ4v) is 2.48. The first kappa shape index (κ1) is 16.4. The number of rotatable bonds is 7. The van der Waals surface area contributed by atoms with Crippen LogP contribution in [0.15, 0.2) is 0 Å². The van der Waals surface area contributed by atoms with Crippen LogP contribution in [-0.2, 0) is 4.79 Å². The summed E-state index contributed by atoms with van der Waals surface area (Å²) in [6.07, 6.45) is 3.53. The first-order chi connectivity index (χ1) is 9.02. The Morgan fingerprint density at radius 1 is 1.42 bits per heavy atom. The van der Waals surface area contributed by atoms with Gasteiger partial charge in [-0.25, -0.2) is 0 Å². The predicted molar refractivity (Wildman–Crippen MR) is 80.2 cm³/mol. The van der Waals surface area contributed by atoms with Crippen LogP contribution in [0.2, 0.25) is 0 Å². The highest BCUT2D eigenvalue weighted by Crippen LogP contribution is 2.13. The maximum atomic E-state index is 12.0. The minimum absolute atomic E-state index is 0.159. The molecule has 1 aliphatic rings. The molecule has 1 rings (SSSR count). The molecule has 0 aromatic carbocycles. The molecule has 4 heteroatoms. The van der Waals surface area contributed by atoms with Crippen molar-refractivity contribution in [1.29, 1.82) is 0 Å². The van der Waals surface area contributed by atoms with Gasteiger partial charge >= 0.3 is 0 Å². The zero-order chi connectivity index (χ0) is 14.3. The second-order valence-electron chi connectivity index (χ2n) is 6.11. The van der Waals surface area contributed by atoms with Gasteiger partial charge in [-0.1, -0.05) is 6.92 Å². The molecule has 1 heterocycles. The number of hydrogen-bond acceptors (Lipinski definition) is 3. The number of amides is 1. The maximum absolute atomic E-state index is 12.0. The van der Waals surface area contributed by atoms with Crippen LogP contribution < -0.4 is 10.6 Å². The monoisotopic (exact) mass is 269 g/mol. The van der Waals surface area contributed by atoms with E-state index in [0.29, 0.717) is 18.5 Å². The molecule has 0 bridgehead atoms. The second-order valence-corrected chi connectivity index (χ2v) is 6.11. The smallest absolute Gasteiger partial charge is 0.234 e. The molecule has 4 nitrogen and oxygen atoms in total. The van der Waals surface area contributed by atoms with Gasteiger partial charge in [0.15, 0.2) is 0 Å². The van der Waals surface area contributed by atoms with Crippen molar-refractivity contribution in [3.63, 3.8) is 0 Å². The first-order valence-corrected chi connectivity index (χ1v) is 7.77. The van der Waals surface area contributed by atoms with Crippen LogP contribution >= 0.6 is 0 Å². The zero-order valence-corrected chi connectivity index (χ0v) is 13.0. The van der Waals surface area contributed by atoms with E-state index < -0.39 is 0 Å². The third-order valence-electron chi connectivity index (χ3n) is 3.99. The number of carbonyl (C=O) groups is 1. The Kier molecular flexibility index (Phi) is 7.39. The molecule has 2 unspecified atom stereocenters. The highest BCUT2D eigenvalue weighted by molar-refractivity contribution is 5.78. The molecule has 19 heavy (non-hydrogen) atoms. The Labute approximate surface area is 118 Å². The van der Waals surface area contributed by atoms with Gasteiger partial charge in [0.2, 0.25) is 5.91 Å². The molecule has 0 radical (unpaired) electrons. The van der Waals surface area contributed by atoms with Gasteiger partial charge in [0.25, 0.3) is 0 Å². The van der Waals surface area contributed by atoms with Crippen LogP contribution in [0.3, 0.4) is 0 Å². The Morgan fingerprint density at radius 2 is 2.16 bits per heavy atom. The SMILES string of the molecule is CCC(C)NC(=O)CN(CC1CCCNC1)C(C)C. The minimum Gasteiger partial charge on any atom is -0.353 e. The lowest BCUT2D eigenvalue weighted by atomic mass is 9.98. The van der Waals surface area contributed by atoms with Crippen molar-refractivity contribution in [2.24, 2.45) is 5.92 Å². The molecule has 0 aromatic rings. The Bertz CT molecular complexity index is 262. The summed E-state index contributed by atoms with van der Waals surface area (Å²) in [7, 11) is 0. The first-order valence-electron chi connectivity index (χ1n) is 7.77. The second kappa shape index (κ2) is 8.54. The van der Waals surface area contributed by atoms with Crippen LogP contribution in [0.1, 0.15) is 47.0 Å². The molecule has 1 aliphatic heterocycles. The van der Waals surface area contributed by atoms with Crippen LogP contribution in [-0.4, -0.2) is 49.1 Å². The van der Waals surface area contributed by atoms with Gasteiger partial charge in [-0.3, -0.25) is 9.69 Å². The molecular weight excluding hydrogens is 238 g/mol. The van der Waals surface area contributed by atoms with E-state index >= 15 is 0 Å². The van der Waals surface area contributed by atoms with E-state index in [0.717, 1.165) is 26.1 Å². The van der Waals surface area contributed by atoms with Crippen LogP contribution in [0.5, 0.6) is 0 Å². The summed E-state index contributed by atoms with van der Waals surface area (Å²) >= 11 is 0. The Hall–Kier alpha value is -0.610. The van der Waals surface area contributed by atoms with Crippen molar-refractivity contribution >= 4 is 5.91 Å². The summed E-state index contributed by atoms with van der Waals surface area (Å²) in [5.41, 5.74) is 0. The van der Waals surface area contributed by atoms with Crippen LogP contribution in [0.4, 0.5) is 0 Å². The van der Waals surface area contributed by atoms with Crippen molar-refractivity contribution in [2.45, 2.75) is 59.0 Å². The largest absolute Gasteiger partial charge is 0.353 e. The molecule has 0 spiro atoms. The number of nitrogens with one attached hydrogen (secondary N) is 2. The standard InChI is InChI=1S/C15H31N3O/c1-5-13(4)17-15(19)11-18(12(2)3)10-14-7-6-8-16-9-14/h12-14,16H,5-11H2,1-4H3,(H,17,19). The summed E-state index contributed by atoms with van der Waals surface area (Å²) in [6.45, 7) is 12.3. The summed E-state index contributed by atoms with van der Waals surface area (Å²) < 4.78 is 0. The van der Waals surface area contributed by atoms with E-state index in [9.17, 15) is 4.79 Å². The summed E-state index contributed by atoms with van der Waals surface area (Å²) in [5, 5.41) is 6.50. The highest BCUT2D eigenvalue weighted by atomic mass is 16.2. The minimum atomic E-state index is 0.159. The Balaban J connectivity index is 2.40. The van der Waals surface area contributed by atoms with E-state index in [1.165, 1.54) is 12.8 Å². The van der Waals surface area contributed by atoms with Crippen molar-refractivity contribution in [1.82, 2.24) is 15.5 Å². The van der Waals surface area contributed by atoms with Gasteiger partial charge < -0.3 is 10.6 Å². The number of piperidine rings is 1. The van der Waals surface area contributed by atoms with Gasteiger partial charge in [0, 0.05) is 18.6 Å². The van der Waals surface area contributed by atoms with E-state index in [1.807, 2.05) is 0 Å². The molecular formula is C15H31N3O. The van der Waals surface area contributed by atoms with Gasteiger partial charge in [-0.15, -0.1) is 0 Å². The molecule has 2 N–H and O–H groups in total. The van der Waals surface area contributed by atoms with Crippen molar-refractivity contribution < 1.29 is 4.79 Å². The third kappa shape index (κ3) is 6.39. The molecule has 1 amide bonds. The predicted octanol–water partition coefficient (Wildman–Crippen LogP) is 1.61. The number of carbonyl (C=O) groups excluding carboxylic acids is 1. The summed E-state index contributed by atoms with van der Waals surface area (Å²) in [6, 6.07) is 0.697. The van der Waals surface area contributed by atoms with Gasteiger partial charge in [-0.2, -0.15) is 0 Å². The normalized spacial score (nSPS) is 21.7. The maximum Gasteiger partial charge on any atom is 0.234 e. The summed E-state index contributed by atoms with van der Waals surface area (Å²) in [4.78, 5) is 14.3. The molecule has 0 saturated carbocycles. The average molecular weight is 269 g/mol. The fourth-order valence-electron chi connectivity index (χ4n) is 2.48. The van der Waals surface area contributed by atoms with E-state index in [2.05, 4.69) is 43.2 Å². The molecule has 0 aromatic heterocycles. The summed E-state index contributed by atoms with van der Waals surface area (Å²) in [5.74, 6) is 0.847. The lowest BCUT2D eigenvalue weighted by Crippen LogP contribution is -2.47. The lowest BCUT2D eigenvalue weighted by molar-refractivity contribution is -0.123. The quantitative estimate of drug-likeness (QED) is 0.738. The number of hydrogen-bond donors (Lipinski definition) is 2. The van der Waals surface area contributed by atoms with Gasteiger partial charge in [0.05, 0.1) is 6.54 Å². The van der Waals surface area contributed by atoms with E-state index in [-0.39, 0.29) is 11.9 Å². The van der Waals surface area contributed by atoms with E-state index in [1.54, 1.807) is 0 Å². The van der Waals surface area contributed by atoms with Crippen molar-refractivity contribution in [3.8, 4) is 0 Å². The van der Waals surface area contributed by atoms with Crippen molar-refractivity contribution in [3.05, 3.63) is 0 Å². The number of nitrogens with zero attached hydrogens (tertiary/aromatic N) is 1. The molecule has 0 aliphatic carbocycles. The third-order valence-corrected chi connectivity index (χ3v) is 3.99. The molecule has 2 atom stereocenters. The average Bonchev–Trinajstić information content (AvgIpc) is 2.38. The van der Waals surface area contributed by atoms with Gasteiger partial charge in [0.1, 0.15) is 0 Å². The van der Waals surface area contributed by atoms with E-state index in [4.69, 9.17) is 0 Å². The fraction of sp³-hybridized carbons (Fsp3) is 0.933. The lowest BCUT2D eigenvalue weighted by Gasteiger charge is -2.32. The Morgan fingerprint density at radius 3 is 2.68 bits per heavy atom. The van der Waals surface area contributed by atoms with Crippen LogP contribution in [0, 0.1) is 5.92 Å². The van der Waals surface area contributed by atoms with Gasteiger partial charge in [-0.05, 0) is 59.0 Å². The zero-order valence-electron chi connectivity index (χ0n) is 13.0. The van der Waals surface area contributed by atoms with Crippen LogP contribution in [0.25, 0.3) is 0 Å². The molecule has 112 valence electrons. The molecule has 1 saturated heterocycles. The van der Waals surface area contributed by atoms with Crippen molar-refractivity contribution in [2.75, 3.05) is 26.2 Å². The topological polar surface area (TPSA) is 44.4 Å².